The van der Waals surface area contributed by atoms with Crippen LogP contribution in [0.3, 0.4) is 0 Å². The minimum Gasteiger partial charge on any atom is -0.369 e. The molecule has 0 bridgehead atoms. The van der Waals surface area contributed by atoms with Gasteiger partial charge in [-0.05, 0) is 86.5 Å². The van der Waals surface area contributed by atoms with Gasteiger partial charge in [0, 0.05) is 24.0 Å². The number of aryl methyl sites for hydroxylation is 3. The van der Waals surface area contributed by atoms with Gasteiger partial charge in [0.05, 0.1) is 17.1 Å². The maximum Gasteiger partial charge on any atom is 0.221 e. The normalized spacial score (nSPS) is 19.2. The topological polar surface area (TPSA) is 59.2 Å². The number of nitrogens with two attached hydrogens (primary N) is 1. The monoisotopic (exact) mass is 399 g/mol. The molecule has 1 aromatic heterocycles. The van der Waals surface area contributed by atoms with Gasteiger partial charge >= 0.3 is 0 Å². The molecule has 30 heavy (non-hydrogen) atoms. The molecule has 0 spiro atoms. The van der Waals surface area contributed by atoms with E-state index in [0.717, 1.165) is 55.7 Å². The van der Waals surface area contributed by atoms with Gasteiger partial charge in [-0.2, -0.15) is 0 Å². The van der Waals surface area contributed by atoms with Crippen LogP contribution in [0, 0.1) is 12.8 Å². The number of primary amides is 1. The Balaban J connectivity index is 1.58. The van der Waals surface area contributed by atoms with Gasteiger partial charge in [-0.1, -0.05) is 23.8 Å². The molecule has 4 heteroatoms. The summed E-state index contributed by atoms with van der Waals surface area (Å²) in [5.74, 6) is -0.219. The Bertz CT molecular complexity index is 1120. The Hall–Kier alpha value is -2.72. The van der Waals surface area contributed by atoms with Gasteiger partial charge in [0.2, 0.25) is 5.91 Å². The minimum absolute atomic E-state index is 0.0437. The molecule has 2 aromatic carbocycles. The first-order valence-corrected chi connectivity index (χ1v) is 11.1. The Morgan fingerprint density at radius 3 is 2.77 bits per heavy atom. The number of rotatable bonds is 4. The largest absolute Gasteiger partial charge is 0.369 e. The average Bonchev–Trinajstić information content (AvgIpc) is 3.19. The van der Waals surface area contributed by atoms with Crippen LogP contribution in [0.1, 0.15) is 41.5 Å². The van der Waals surface area contributed by atoms with E-state index in [9.17, 15) is 4.79 Å². The van der Waals surface area contributed by atoms with E-state index in [1.54, 1.807) is 0 Å². The summed E-state index contributed by atoms with van der Waals surface area (Å²) in [7, 11) is 0. The molecular formula is C26H29N3O. The second kappa shape index (κ2) is 7.84. The molecule has 0 radical (unpaired) electrons. The number of hydrogen-bond acceptors (Lipinski definition) is 3. The van der Waals surface area contributed by atoms with Crippen molar-refractivity contribution in [3.05, 3.63) is 64.7 Å². The van der Waals surface area contributed by atoms with Crippen molar-refractivity contribution in [2.45, 2.75) is 45.6 Å². The Morgan fingerprint density at radius 2 is 1.97 bits per heavy atom. The number of nitrogens with zero attached hydrogens (tertiary/aromatic N) is 2. The number of aromatic nitrogens is 1. The molecule has 1 unspecified atom stereocenters. The number of likely N-dealkylation sites (tertiary alicyclic amines) is 1. The highest BCUT2D eigenvalue weighted by Crippen LogP contribution is 2.32. The number of pyridine rings is 1. The molecule has 1 fully saturated rings. The fourth-order valence-electron chi connectivity index (χ4n) is 5.13. The first kappa shape index (κ1) is 19.3. The lowest BCUT2D eigenvalue weighted by Gasteiger charge is -2.31. The lowest BCUT2D eigenvalue weighted by Crippen LogP contribution is -2.40. The van der Waals surface area contributed by atoms with Crippen molar-refractivity contribution in [1.82, 2.24) is 9.88 Å². The average molecular weight is 400 g/mol. The molecule has 2 aliphatic rings. The predicted octanol–water partition coefficient (Wildman–Crippen LogP) is 4.40. The van der Waals surface area contributed by atoms with E-state index < -0.39 is 0 Å². The third-order valence-electron chi connectivity index (χ3n) is 6.70. The van der Waals surface area contributed by atoms with Crippen molar-refractivity contribution in [3.63, 3.8) is 0 Å². The molecular weight excluding hydrogens is 370 g/mol. The van der Waals surface area contributed by atoms with Crippen LogP contribution >= 0.6 is 0 Å². The first-order chi connectivity index (χ1) is 14.6. The summed E-state index contributed by atoms with van der Waals surface area (Å²) in [6.45, 7) is 4.66. The highest BCUT2D eigenvalue weighted by Gasteiger charge is 2.25. The standard InChI is InChI=1S/C26H29N3O/c1-17-5-2-8-20(11-17)25-23(16-29-10-4-9-21(15-29)26(27)30)13-22-12-18-6-3-7-19(18)14-24(22)28-25/h2,5,8,11-14,21H,3-4,6-7,9-10,15-16H2,1H3,(H2,27,30). The molecule has 1 atom stereocenters. The molecule has 3 aromatic rings. The summed E-state index contributed by atoms with van der Waals surface area (Å²) < 4.78 is 0. The Kier molecular flexibility index (Phi) is 5.03. The third kappa shape index (κ3) is 3.72. The van der Waals surface area contributed by atoms with E-state index in [-0.39, 0.29) is 11.8 Å². The van der Waals surface area contributed by atoms with Gasteiger partial charge in [-0.3, -0.25) is 9.69 Å². The number of fused-ring (bicyclic) bond motifs is 2. The second-order valence-electron chi connectivity index (χ2n) is 9.01. The number of benzene rings is 2. The van der Waals surface area contributed by atoms with Crippen molar-refractivity contribution in [2.75, 3.05) is 13.1 Å². The van der Waals surface area contributed by atoms with Gasteiger partial charge in [0.15, 0.2) is 0 Å². The van der Waals surface area contributed by atoms with E-state index in [4.69, 9.17) is 10.7 Å². The zero-order valence-corrected chi connectivity index (χ0v) is 17.7. The Morgan fingerprint density at radius 1 is 1.13 bits per heavy atom. The number of hydrogen-bond donors (Lipinski definition) is 1. The van der Waals surface area contributed by atoms with Crippen LogP contribution in [0.25, 0.3) is 22.2 Å². The molecule has 4 nitrogen and oxygen atoms in total. The summed E-state index contributed by atoms with van der Waals surface area (Å²) in [6, 6.07) is 15.6. The van der Waals surface area contributed by atoms with E-state index >= 15 is 0 Å². The second-order valence-corrected chi connectivity index (χ2v) is 9.01. The van der Waals surface area contributed by atoms with Crippen LogP contribution in [0.4, 0.5) is 0 Å². The number of amides is 1. The number of carbonyl (C=O) groups excluding carboxylic acids is 1. The van der Waals surface area contributed by atoms with Crippen molar-refractivity contribution >= 4 is 16.8 Å². The summed E-state index contributed by atoms with van der Waals surface area (Å²) >= 11 is 0. The van der Waals surface area contributed by atoms with E-state index in [1.807, 2.05) is 0 Å². The summed E-state index contributed by atoms with van der Waals surface area (Å²) in [6.07, 6.45) is 5.50. The van der Waals surface area contributed by atoms with Crippen LogP contribution in [0.2, 0.25) is 0 Å². The molecule has 5 rings (SSSR count). The lowest BCUT2D eigenvalue weighted by molar-refractivity contribution is -0.123. The summed E-state index contributed by atoms with van der Waals surface area (Å²) in [5.41, 5.74) is 14.3. The predicted molar refractivity (Wildman–Crippen MR) is 121 cm³/mol. The molecule has 1 aliphatic carbocycles. The molecule has 1 aliphatic heterocycles. The maximum absolute atomic E-state index is 11.7. The minimum atomic E-state index is -0.175. The van der Waals surface area contributed by atoms with E-state index in [2.05, 4.69) is 54.3 Å². The fraction of sp³-hybridized carbons (Fsp3) is 0.385. The van der Waals surface area contributed by atoms with Crippen LogP contribution in [0.5, 0.6) is 0 Å². The molecule has 2 N–H and O–H groups in total. The maximum atomic E-state index is 11.7. The highest BCUT2D eigenvalue weighted by atomic mass is 16.1. The fourth-order valence-corrected chi connectivity index (χ4v) is 5.13. The first-order valence-electron chi connectivity index (χ1n) is 11.1. The van der Waals surface area contributed by atoms with Gasteiger partial charge in [-0.25, -0.2) is 4.98 Å². The van der Waals surface area contributed by atoms with Crippen molar-refractivity contribution in [2.24, 2.45) is 11.7 Å². The van der Waals surface area contributed by atoms with Crippen molar-refractivity contribution in [3.8, 4) is 11.3 Å². The van der Waals surface area contributed by atoms with Crippen molar-refractivity contribution in [1.29, 1.82) is 0 Å². The van der Waals surface area contributed by atoms with Gasteiger partial charge < -0.3 is 5.73 Å². The van der Waals surface area contributed by atoms with E-state index in [1.165, 1.54) is 40.5 Å². The van der Waals surface area contributed by atoms with Crippen LogP contribution < -0.4 is 5.73 Å². The molecule has 1 saturated heterocycles. The lowest BCUT2D eigenvalue weighted by atomic mass is 9.95. The summed E-state index contributed by atoms with van der Waals surface area (Å²) in [4.78, 5) is 19.3. The van der Waals surface area contributed by atoms with Gasteiger partial charge in [0.25, 0.3) is 0 Å². The van der Waals surface area contributed by atoms with Gasteiger partial charge in [0.1, 0.15) is 0 Å². The zero-order valence-electron chi connectivity index (χ0n) is 17.7. The van der Waals surface area contributed by atoms with Gasteiger partial charge in [-0.15, -0.1) is 0 Å². The summed E-state index contributed by atoms with van der Waals surface area (Å²) in [5, 5.41) is 1.23. The quantitative estimate of drug-likeness (QED) is 0.708. The zero-order chi connectivity index (χ0) is 20.7. The van der Waals surface area contributed by atoms with Crippen LogP contribution in [-0.4, -0.2) is 28.9 Å². The Labute approximate surface area is 178 Å². The van der Waals surface area contributed by atoms with Crippen LogP contribution in [0.15, 0.2) is 42.5 Å². The van der Waals surface area contributed by atoms with Crippen molar-refractivity contribution < 1.29 is 4.79 Å². The highest BCUT2D eigenvalue weighted by molar-refractivity contribution is 5.85. The smallest absolute Gasteiger partial charge is 0.221 e. The molecule has 1 amide bonds. The molecule has 0 saturated carbocycles. The van der Waals surface area contributed by atoms with E-state index in [0.29, 0.717) is 0 Å². The molecule has 154 valence electrons. The molecule has 2 heterocycles. The third-order valence-corrected chi connectivity index (χ3v) is 6.70. The number of piperidine rings is 1. The van der Waals surface area contributed by atoms with Crippen LogP contribution in [-0.2, 0) is 24.2 Å². The number of carbonyl (C=O) groups is 1. The SMILES string of the molecule is Cc1cccc(-c2nc3cc4c(cc3cc2CN2CCCC(C(N)=O)C2)CCC4)c1.